The number of benzene rings is 1. The van der Waals surface area contributed by atoms with E-state index in [0.29, 0.717) is 22.3 Å². The van der Waals surface area contributed by atoms with Gasteiger partial charge in [-0.1, -0.05) is 31.4 Å². The van der Waals surface area contributed by atoms with E-state index in [1.807, 2.05) is 0 Å². The zero-order valence-electron chi connectivity index (χ0n) is 11.4. The molecule has 2 rings (SSSR count). The first-order chi connectivity index (χ1) is 9.11. The van der Waals surface area contributed by atoms with Crippen molar-refractivity contribution >= 4 is 17.5 Å². The molecule has 1 amide bonds. The lowest BCUT2D eigenvalue weighted by molar-refractivity contribution is 0.0907. The summed E-state index contributed by atoms with van der Waals surface area (Å²) in [6.07, 6.45) is 4.67. The summed E-state index contributed by atoms with van der Waals surface area (Å²) >= 11 is 5.95. The van der Waals surface area contributed by atoms with Gasteiger partial charge in [-0.05, 0) is 37.0 Å². The lowest BCUT2D eigenvalue weighted by atomic mass is 9.86. The van der Waals surface area contributed by atoms with Crippen LogP contribution in [0.5, 0.6) is 5.75 Å². The maximum Gasteiger partial charge on any atom is 0.255 e. The Kier molecular flexibility index (Phi) is 4.70. The van der Waals surface area contributed by atoms with Crippen LogP contribution in [0.2, 0.25) is 5.02 Å². The monoisotopic (exact) mass is 281 g/mol. The highest BCUT2D eigenvalue weighted by atomic mass is 35.5. The van der Waals surface area contributed by atoms with Crippen LogP contribution >= 0.6 is 11.6 Å². The number of rotatable bonds is 3. The Hall–Kier alpha value is -1.22. The average Bonchev–Trinajstić information content (AvgIpc) is 2.41. The smallest absolute Gasteiger partial charge is 0.255 e. The molecule has 0 heterocycles. The van der Waals surface area contributed by atoms with E-state index in [4.69, 9.17) is 16.3 Å². The van der Waals surface area contributed by atoms with E-state index in [0.717, 1.165) is 6.42 Å². The minimum atomic E-state index is -0.0990. The van der Waals surface area contributed by atoms with Gasteiger partial charge in [-0.15, -0.1) is 0 Å². The van der Waals surface area contributed by atoms with Crippen molar-refractivity contribution in [2.45, 2.75) is 38.6 Å². The number of carbonyl (C=O) groups is 1. The number of ether oxygens (including phenoxy) is 1. The summed E-state index contributed by atoms with van der Waals surface area (Å²) in [7, 11) is 1.56. The first-order valence-electron chi connectivity index (χ1n) is 6.76. The molecule has 2 unspecified atom stereocenters. The third-order valence-electron chi connectivity index (χ3n) is 3.83. The number of methoxy groups -OCH3 is 1. The summed E-state index contributed by atoms with van der Waals surface area (Å²) in [6.45, 7) is 2.19. The Morgan fingerprint density at radius 2 is 2.11 bits per heavy atom. The van der Waals surface area contributed by atoms with Crippen molar-refractivity contribution in [3.63, 3.8) is 0 Å². The van der Waals surface area contributed by atoms with E-state index in [1.54, 1.807) is 25.3 Å². The maximum atomic E-state index is 12.3. The minimum absolute atomic E-state index is 0.0990. The van der Waals surface area contributed by atoms with Gasteiger partial charge < -0.3 is 10.1 Å². The van der Waals surface area contributed by atoms with Crippen LogP contribution in [0.3, 0.4) is 0 Å². The van der Waals surface area contributed by atoms with E-state index in [1.165, 1.54) is 19.3 Å². The number of carbonyl (C=O) groups excluding carboxylic acids is 1. The molecule has 1 fully saturated rings. The molecule has 19 heavy (non-hydrogen) atoms. The first kappa shape index (κ1) is 14.2. The Balaban J connectivity index is 2.13. The average molecular weight is 282 g/mol. The minimum Gasteiger partial charge on any atom is -0.496 e. The Morgan fingerprint density at radius 3 is 2.79 bits per heavy atom. The number of nitrogens with one attached hydrogen (secondary N) is 1. The third-order valence-corrected chi connectivity index (χ3v) is 4.07. The number of amides is 1. The normalized spacial score (nSPS) is 22.9. The second-order valence-electron chi connectivity index (χ2n) is 5.19. The quantitative estimate of drug-likeness (QED) is 0.918. The van der Waals surface area contributed by atoms with Crippen LogP contribution in [-0.2, 0) is 0 Å². The molecule has 1 N–H and O–H groups in total. The van der Waals surface area contributed by atoms with Gasteiger partial charge in [0.2, 0.25) is 0 Å². The van der Waals surface area contributed by atoms with Crippen molar-refractivity contribution in [1.82, 2.24) is 5.32 Å². The van der Waals surface area contributed by atoms with E-state index in [2.05, 4.69) is 12.2 Å². The zero-order chi connectivity index (χ0) is 13.8. The molecule has 4 heteroatoms. The molecule has 1 aliphatic carbocycles. The lowest BCUT2D eigenvalue weighted by Gasteiger charge is -2.29. The fraction of sp³-hybridized carbons (Fsp3) is 0.533. The second kappa shape index (κ2) is 6.29. The Labute approximate surface area is 119 Å². The second-order valence-corrected chi connectivity index (χ2v) is 5.62. The summed E-state index contributed by atoms with van der Waals surface area (Å²) < 4.78 is 5.22. The van der Waals surface area contributed by atoms with Crippen molar-refractivity contribution < 1.29 is 9.53 Å². The van der Waals surface area contributed by atoms with Gasteiger partial charge in [0.05, 0.1) is 12.7 Å². The topological polar surface area (TPSA) is 38.3 Å². The van der Waals surface area contributed by atoms with Crippen LogP contribution in [-0.4, -0.2) is 19.1 Å². The molecule has 0 radical (unpaired) electrons. The summed E-state index contributed by atoms with van der Waals surface area (Å²) in [5.41, 5.74) is 0.507. The number of halogens is 1. The number of hydrogen-bond donors (Lipinski definition) is 1. The molecule has 0 aliphatic heterocycles. The lowest BCUT2D eigenvalue weighted by Crippen LogP contribution is -2.41. The molecule has 2 atom stereocenters. The van der Waals surface area contributed by atoms with Crippen LogP contribution < -0.4 is 10.1 Å². The molecular weight excluding hydrogens is 262 g/mol. The molecular formula is C15H20ClNO2. The van der Waals surface area contributed by atoms with E-state index < -0.39 is 0 Å². The maximum absolute atomic E-state index is 12.3. The number of hydrogen-bond acceptors (Lipinski definition) is 2. The van der Waals surface area contributed by atoms with Gasteiger partial charge in [-0.3, -0.25) is 4.79 Å². The van der Waals surface area contributed by atoms with E-state index >= 15 is 0 Å². The van der Waals surface area contributed by atoms with Gasteiger partial charge in [-0.25, -0.2) is 0 Å². The van der Waals surface area contributed by atoms with E-state index in [-0.39, 0.29) is 11.9 Å². The highest BCUT2D eigenvalue weighted by Gasteiger charge is 2.24. The van der Waals surface area contributed by atoms with Crippen LogP contribution in [0.1, 0.15) is 43.0 Å². The predicted octanol–water partition coefficient (Wildman–Crippen LogP) is 3.66. The fourth-order valence-electron chi connectivity index (χ4n) is 2.63. The first-order valence-corrected chi connectivity index (χ1v) is 7.14. The van der Waals surface area contributed by atoms with Crippen molar-refractivity contribution in [1.29, 1.82) is 0 Å². The fourth-order valence-corrected chi connectivity index (χ4v) is 2.81. The van der Waals surface area contributed by atoms with Gasteiger partial charge in [-0.2, -0.15) is 0 Å². The summed E-state index contributed by atoms with van der Waals surface area (Å²) in [5.74, 6) is 0.992. The van der Waals surface area contributed by atoms with Crippen molar-refractivity contribution in [3.8, 4) is 5.75 Å². The van der Waals surface area contributed by atoms with Crippen LogP contribution in [0.25, 0.3) is 0 Å². The van der Waals surface area contributed by atoms with Crippen LogP contribution in [0.15, 0.2) is 18.2 Å². The van der Waals surface area contributed by atoms with Crippen LogP contribution in [0, 0.1) is 5.92 Å². The van der Waals surface area contributed by atoms with Crippen LogP contribution in [0.4, 0.5) is 0 Å². The van der Waals surface area contributed by atoms with Gasteiger partial charge in [0.25, 0.3) is 5.91 Å². The SMILES string of the molecule is COc1ccc(Cl)cc1C(=O)NC1CCCCC1C. The predicted molar refractivity (Wildman–Crippen MR) is 76.9 cm³/mol. The molecule has 1 saturated carbocycles. The van der Waals surface area contributed by atoms with Crippen molar-refractivity contribution in [3.05, 3.63) is 28.8 Å². The van der Waals surface area contributed by atoms with Gasteiger partial charge >= 0.3 is 0 Å². The molecule has 1 aliphatic rings. The van der Waals surface area contributed by atoms with Gasteiger partial charge in [0.1, 0.15) is 5.75 Å². The highest BCUT2D eigenvalue weighted by Crippen LogP contribution is 2.26. The molecule has 104 valence electrons. The Morgan fingerprint density at radius 1 is 1.37 bits per heavy atom. The van der Waals surface area contributed by atoms with Gasteiger partial charge in [0, 0.05) is 11.1 Å². The standard InChI is InChI=1S/C15H20ClNO2/c1-10-5-3-4-6-13(10)17-15(18)12-9-11(16)7-8-14(12)19-2/h7-10,13H,3-6H2,1-2H3,(H,17,18). The molecule has 3 nitrogen and oxygen atoms in total. The summed E-state index contributed by atoms with van der Waals surface area (Å²) in [6, 6.07) is 5.36. The highest BCUT2D eigenvalue weighted by molar-refractivity contribution is 6.31. The largest absolute Gasteiger partial charge is 0.496 e. The van der Waals surface area contributed by atoms with Crippen molar-refractivity contribution in [2.24, 2.45) is 5.92 Å². The molecule has 1 aromatic rings. The molecule has 0 saturated heterocycles. The summed E-state index contributed by atoms with van der Waals surface area (Å²) in [4.78, 5) is 12.3. The zero-order valence-corrected chi connectivity index (χ0v) is 12.2. The third kappa shape index (κ3) is 3.41. The molecule has 0 bridgehead atoms. The van der Waals surface area contributed by atoms with Crippen molar-refractivity contribution in [2.75, 3.05) is 7.11 Å². The molecule has 0 aromatic heterocycles. The Bertz CT molecular complexity index is 461. The molecule has 1 aromatic carbocycles. The molecule has 0 spiro atoms. The van der Waals surface area contributed by atoms with E-state index in [9.17, 15) is 4.79 Å². The summed E-state index contributed by atoms with van der Waals surface area (Å²) in [5, 5.41) is 3.65. The van der Waals surface area contributed by atoms with Gasteiger partial charge in [0.15, 0.2) is 0 Å².